The van der Waals surface area contributed by atoms with Crippen molar-refractivity contribution in [3.8, 4) is 0 Å². The summed E-state index contributed by atoms with van der Waals surface area (Å²) in [5, 5.41) is 0. The van der Waals surface area contributed by atoms with Crippen molar-refractivity contribution in [1.82, 2.24) is 0 Å². The van der Waals surface area contributed by atoms with Crippen LogP contribution < -0.4 is 5.73 Å². The van der Waals surface area contributed by atoms with Crippen LogP contribution in [0, 0.1) is 5.92 Å². The minimum atomic E-state index is 0.113. The minimum Gasteiger partial charge on any atom is -0.494 e. The average Bonchev–Trinajstić information content (AvgIpc) is 2.23. The first-order valence-corrected chi connectivity index (χ1v) is 6.31. The van der Waals surface area contributed by atoms with Gasteiger partial charge in [0.15, 0.2) is 0 Å². The van der Waals surface area contributed by atoms with E-state index in [1.165, 1.54) is 19.3 Å². The van der Waals surface area contributed by atoms with E-state index in [1.807, 2.05) is 13.8 Å². The summed E-state index contributed by atoms with van der Waals surface area (Å²) in [6.07, 6.45) is 4.75. The van der Waals surface area contributed by atoms with Gasteiger partial charge in [-0.15, -0.1) is 0 Å². The van der Waals surface area contributed by atoms with Crippen molar-refractivity contribution in [2.24, 2.45) is 11.7 Å². The van der Waals surface area contributed by atoms with E-state index in [0.717, 1.165) is 12.0 Å². The maximum absolute atomic E-state index is 6.00. The molecule has 0 bridgehead atoms. The van der Waals surface area contributed by atoms with Gasteiger partial charge in [0.25, 0.3) is 0 Å². The molecule has 0 aliphatic heterocycles. The van der Waals surface area contributed by atoms with E-state index < -0.39 is 0 Å². The molecule has 2 nitrogen and oxygen atoms in total. The first-order chi connectivity index (χ1) is 7.54. The van der Waals surface area contributed by atoms with Crippen LogP contribution in [-0.2, 0) is 4.74 Å². The summed E-state index contributed by atoms with van der Waals surface area (Å²) in [5.41, 5.74) is 6.96. The predicted octanol–water partition coefficient (Wildman–Crippen LogP) is 3.64. The second-order valence-electron chi connectivity index (χ2n) is 4.34. The Hall–Kier alpha value is -0.760. The third-order valence-electron chi connectivity index (χ3n) is 2.88. The number of allylic oxidation sites excluding steroid dienone is 1. The summed E-state index contributed by atoms with van der Waals surface area (Å²) in [7, 11) is 0. The van der Waals surface area contributed by atoms with Crippen LogP contribution in [0.15, 0.2) is 24.5 Å². The van der Waals surface area contributed by atoms with Crippen molar-refractivity contribution in [2.75, 3.05) is 6.61 Å². The lowest BCUT2D eigenvalue weighted by Gasteiger charge is -2.24. The van der Waals surface area contributed by atoms with Gasteiger partial charge in [-0.05, 0) is 25.8 Å². The second kappa shape index (κ2) is 8.40. The van der Waals surface area contributed by atoms with Gasteiger partial charge < -0.3 is 10.5 Å². The van der Waals surface area contributed by atoms with Gasteiger partial charge in [0.05, 0.1) is 6.61 Å². The Labute approximate surface area is 101 Å². The van der Waals surface area contributed by atoms with Gasteiger partial charge in [-0.2, -0.15) is 0 Å². The molecular weight excluding hydrogens is 198 g/mol. The van der Waals surface area contributed by atoms with E-state index in [-0.39, 0.29) is 6.04 Å². The van der Waals surface area contributed by atoms with E-state index in [9.17, 15) is 0 Å². The monoisotopic (exact) mass is 225 g/mol. The average molecular weight is 225 g/mol. The third kappa shape index (κ3) is 5.36. The van der Waals surface area contributed by atoms with Crippen LogP contribution in [0.1, 0.15) is 46.5 Å². The zero-order valence-electron chi connectivity index (χ0n) is 11.1. The van der Waals surface area contributed by atoms with E-state index in [1.54, 1.807) is 0 Å². The molecule has 2 unspecified atom stereocenters. The first-order valence-electron chi connectivity index (χ1n) is 6.31. The number of rotatable bonds is 9. The smallest absolute Gasteiger partial charge is 0.115 e. The Kier molecular flexibility index (Phi) is 8.00. The molecule has 0 aromatic rings. The van der Waals surface area contributed by atoms with E-state index in [4.69, 9.17) is 10.5 Å². The largest absolute Gasteiger partial charge is 0.494 e. The fraction of sp³-hybridized carbons (Fsp3) is 0.714. The van der Waals surface area contributed by atoms with Crippen molar-refractivity contribution in [3.63, 3.8) is 0 Å². The van der Waals surface area contributed by atoms with Crippen molar-refractivity contribution in [3.05, 3.63) is 24.5 Å². The highest BCUT2D eigenvalue weighted by Crippen LogP contribution is 2.25. The first kappa shape index (κ1) is 15.2. The Morgan fingerprint density at radius 3 is 2.31 bits per heavy atom. The number of hydrogen-bond acceptors (Lipinski definition) is 2. The zero-order chi connectivity index (χ0) is 12.6. The summed E-state index contributed by atoms with van der Waals surface area (Å²) in [5.74, 6) is 0.992. The zero-order valence-corrected chi connectivity index (χ0v) is 11.1. The van der Waals surface area contributed by atoms with E-state index >= 15 is 0 Å². The Balaban J connectivity index is 4.29. The van der Waals surface area contributed by atoms with Gasteiger partial charge in [0.1, 0.15) is 5.76 Å². The van der Waals surface area contributed by atoms with Gasteiger partial charge in [-0.25, -0.2) is 0 Å². The van der Waals surface area contributed by atoms with Gasteiger partial charge in [0, 0.05) is 12.0 Å². The standard InChI is InChI=1S/C14H27NO/c1-6-8-9-10-14(12(4)15)11(3)13(5)16-7-2/h12,14H,3,5-10,15H2,1-2,4H3. The lowest BCUT2D eigenvalue weighted by atomic mass is 9.87. The molecule has 0 aliphatic rings. The molecule has 0 radical (unpaired) electrons. The fourth-order valence-corrected chi connectivity index (χ4v) is 1.84. The molecule has 0 aliphatic carbocycles. The minimum absolute atomic E-state index is 0.113. The molecule has 0 fully saturated rings. The van der Waals surface area contributed by atoms with Crippen LogP contribution in [0.3, 0.4) is 0 Å². The van der Waals surface area contributed by atoms with E-state index in [2.05, 4.69) is 20.1 Å². The second-order valence-corrected chi connectivity index (χ2v) is 4.34. The van der Waals surface area contributed by atoms with Crippen LogP contribution in [0.4, 0.5) is 0 Å². The maximum Gasteiger partial charge on any atom is 0.115 e. The quantitative estimate of drug-likeness (QED) is 0.369. The van der Waals surface area contributed by atoms with Gasteiger partial charge >= 0.3 is 0 Å². The molecule has 0 rings (SSSR count). The van der Waals surface area contributed by atoms with Crippen molar-refractivity contribution in [2.45, 2.75) is 52.5 Å². The summed E-state index contributed by atoms with van der Waals surface area (Å²) < 4.78 is 5.39. The lowest BCUT2D eigenvalue weighted by molar-refractivity contribution is 0.230. The fourth-order valence-electron chi connectivity index (χ4n) is 1.84. The van der Waals surface area contributed by atoms with Crippen LogP contribution >= 0.6 is 0 Å². The molecule has 0 aromatic heterocycles. The molecule has 16 heavy (non-hydrogen) atoms. The molecule has 0 saturated carbocycles. The molecule has 0 aromatic carbocycles. The molecule has 0 amide bonds. The number of ether oxygens (including phenoxy) is 1. The van der Waals surface area contributed by atoms with Crippen LogP contribution in [0.25, 0.3) is 0 Å². The van der Waals surface area contributed by atoms with Crippen LogP contribution in [0.2, 0.25) is 0 Å². The maximum atomic E-state index is 6.00. The Morgan fingerprint density at radius 2 is 1.88 bits per heavy atom. The number of nitrogens with two attached hydrogens (primary N) is 1. The molecule has 2 heteroatoms. The van der Waals surface area contributed by atoms with Crippen molar-refractivity contribution < 1.29 is 4.74 Å². The Bertz CT molecular complexity index is 221. The summed E-state index contributed by atoms with van der Waals surface area (Å²) >= 11 is 0. The molecule has 0 spiro atoms. The van der Waals surface area contributed by atoms with Crippen molar-refractivity contribution in [1.29, 1.82) is 0 Å². The Morgan fingerprint density at radius 1 is 1.25 bits per heavy atom. The molecular formula is C14H27NO. The SMILES string of the molecule is C=C(OCC)C(=C)C(CCCCC)C(C)N. The normalized spacial score (nSPS) is 14.2. The van der Waals surface area contributed by atoms with Gasteiger partial charge in [-0.3, -0.25) is 0 Å². The third-order valence-corrected chi connectivity index (χ3v) is 2.88. The highest BCUT2D eigenvalue weighted by molar-refractivity contribution is 5.23. The van der Waals surface area contributed by atoms with Crippen LogP contribution in [0.5, 0.6) is 0 Å². The number of unbranched alkanes of at least 4 members (excludes halogenated alkanes) is 2. The van der Waals surface area contributed by atoms with E-state index in [0.29, 0.717) is 18.3 Å². The summed E-state index contributed by atoms with van der Waals surface area (Å²) in [6, 6.07) is 0.113. The van der Waals surface area contributed by atoms with Gasteiger partial charge in [0.2, 0.25) is 0 Å². The highest BCUT2D eigenvalue weighted by atomic mass is 16.5. The summed E-state index contributed by atoms with van der Waals surface area (Å²) in [4.78, 5) is 0. The molecule has 0 saturated heterocycles. The molecule has 0 heterocycles. The molecule has 2 atom stereocenters. The topological polar surface area (TPSA) is 35.2 Å². The van der Waals surface area contributed by atoms with Crippen LogP contribution in [-0.4, -0.2) is 12.6 Å². The summed E-state index contributed by atoms with van der Waals surface area (Å²) in [6.45, 7) is 14.8. The highest BCUT2D eigenvalue weighted by Gasteiger charge is 2.19. The lowest BCUT2D eigenvalue weighted by Crippen LogP contribution is -2.28. The number of hydrogen-bond donors (Lipinski definition) is 1. The molecule has 2 N–H and O–H groups in total. The van der Waals surface area contributed by atoms with Gasteiger partial charge in [-0.1, -0.05) is 39.3 Å². The predicted molar refractivity (Wildman–Crippen MR) is 71.2 cm³/mol. The molecule has 94 valence electrons. The van der Waals surface area contributed by atoms with Crippen molar-refractivity contribution >= 4 is 0 Å².